The van der Waals surface area contributed by atoms with Crippen LogP contribution in [0, 0.1) is 0 Å². The summed E-state index contributed by atoms with van der Waals surface area (Å²) in [6, 6.07) is 5.33. The van der Waals surface area contributed by atoms with Crippen LogP contribution in [-0.4, -0.2) is 192 Å². The predicted molar refractivity (Wildman–Crippen MR) is 183 cm³/mol. The van der Waals surface area contributed by atoms with Gasteiger partial charge in [-0.15, -0.1) is 0 Å². The quantitative estimate of drug-likeness (QED) is 0.0742. The molecule has 286 valence electrons. The van der Waals surface area contributed by atoms with Crippen LogP contribution < -0.4 is 16.2 Å². The highest BCUT2D eigenvalue weighted by Gasteiger charge is 2.65. The summed E-state index contributed by atoms with van der Waals surface area (Å²) in [6.45, 7) is 4.33. The number of carbonyl (C=O) groups excluding carboxylic acids is 6. The third-order valence-electron chi connectivity index (χ3n) is 10.8. The summed E-state index contributed by atoms with van der Waals surface area (Å²) in [5.41, 5.74) is 3.54. The molecule has 1 aromatic rings. The second kappa shape index (κ2) is 14.8. The molecule has 6 saturated heterocycles. The molecule has 0 radical (unpaired) electrons. The van der Waals surface area contributed by atoms with Crippen molar-refractivity contribution in [1.82, 2.24) is 35.2 Å². The number of ether oxygens (including phenoxy) is 3. The zero-order valence-corrected chi connectivity index (χ0v) is 29.5. The van der Waals surface area contributed by atoms with Crippen LogP contribution in [0.25, 0.3) is 0 Å². The van der Waals surface area contributed by atoms with Crippen LogP contribution in [0.3, 0.4) is 0 Å². The van der Waals surface area contributed by atoms with E-state index in [-0.39, 0.29) is 57.9 Å². The van der Waals surface area contributed by atoms with Gasteiger partial charge in [-0.3, -0.25) is 59.2 Å². The molecule has 0 aromatic heterocycles. The van der Waals surface area contributed by atoms with Gasteiger partial charge in [-0.2, -0.15) is 0 Å². The van der Waals surface area contributed by atoms with Crippen molar-refractivity contribution < 1.29 is 53.0 Å². The van der Waals surface area contributed by atoms with Gasteiger partial charge < -0.3 is 34.5 Å². The number of anilines is 1. The highest BCUT2D eigenvalue weighted by molar-refractivity contribution is 6.43. The van der Waals surface area contributed by atoms with Crippen LogP contribution in [0.2, 0.25) is 0 Å². The van der Waals surface area contributed by atoms with Gasteiger partial charge in [0.1, 0.15) is 6.04 Å². The van der Waals surface area contributed by atoms with Gasteiger partial charge in [-0.25, -0.2) is 0 Å². The number of fused-ring (bicyclic) bond motifs is 3. The van der Waals surface area contributed by atoms with Crippen molar-refractivity contribution in [2.45, 2.75) is 49.1 Å². The standard InChI is InChI=1S/C33H45BN8O11/c1-21(30(48)42-8-2-3-24(42)34(49)50)35-29(47)22-4-6-23(7-5-22)36-37-25(43)13-38-9-10-40-15-28(46)53-33(20-40)18-39-11-12-41-16-27(45)52-32(17-38,19-41)31(33)51-26(44)14-39/h4-7,21,24,31,36,49-50H,2-3,8-20H2,1H3,(H,35,47)(H,37,43)/t21-,24+,31?,32?,33?/m1/s1. The Hall–Kier alpha value is -4.34. The molecule has 6 heterocycles. The number of hydrogen-bond acceptors (Lipinski definition) is 16. The number of hydrogen-bond donors (Lipinski definition) is 5. The van der Waals surface area contributed by atoms with Gasteiger partial charge in [-0.05, 0) is 44.0 Å². The maximum Gasteiger partial charge on any atom is 0.475 e. The summed E-state index contributed by atoms with van der Waals surface area (Å²) in [6.07, 6.45) is -0.0107. The van der Waals surface area contributed by atoms with Crippen molar-refractivity contribution in [2.75, 3.05) is 90.5 Å². The fourth-order valence-corrected chi connectivity index (χ4v) is 8.59. The first-order valence-electron chi connectivity index (χ1n) is 18.0. The zero-order chi connectivity index (χ0) is 37.5. The molecule has 6 fully saturated rings. The first-order valence-corrected chi connectivity index (χ1v) is 18.0. The van der Waals surface area contributed by atoms with Crippen molar-refractivity contribution in [2.24, 2.45) is 0 Å². The summed E-state index contributed by atoms with van der Waals surface area (Å²) in [7, 11) is -1.65. The van der Waals surface area contributed by atoms with Crippen LogP contribution in [-0.2, 0) is 38.2 Å². The van der Waals surface area contributed by atoms with Crippen LogP contribution >= 0.6 is 0 Å². The van der Waals surface area contributed by atoms with E-state index in [9.17, 15) is 38.8 Å². The van der Waals surface area contributed by atoms with Gasteiger partial charge >= 0.3 is 25.0 Å². The van der Waals surface area contributed by atoms with E-state index in [1.165, 1.54) is 24.0 Å². The molecule has 19 nitrogen and oxygen atoms in total. The lowest BCUT2D eigenvalue weighted by Crippen LogP contribution is -2.73. The third kappa shape index (κ3) is 7.83. The number of morpholine rings is 2. The molecule has 2 spiro atoms. The van der Waals surface area contributed by atoms with Crippen molar-refractivity contribution in [3.05, 3.63) is 29.8 Å². The van der Waals surface area contributed by atoms with Crippen LogP contribution in [0.5, 0.6) is 0 Å². The van der Waals surface area contributed by atoms with Gasteiger partial charge in [0.15, 0.2) is 17.3 Å². The predicted octanol–water partition coefficient (Wildman–Crippen LogP) is -4.00. The number of amides is 3. The lowest BCUT2D eigenvalue weighted by atomic mass is 9.78. The second-order valence-corrected chi connectivity index (χ2v) is 14.9. The second-order valence-electron chi connectivity index (χ2n) is 14.9. The highest BCUT2D eigenvalue weighted by atomic mass is 16.6. The van der Waals surface area contributed by atoms with E-state index in [4.69, 9.17) is 14.2 Å². The van der Waals surface area contributed by atoms with E-state index in [0.717, 1.165) is 0 Å². The fraction of sp³-hybridized carbons (Fsp3) is 0.636. The Balaban J connectivity index is 1.01. The lowest BCUT2D eigenvalue weighted by Gasteiger charge is -2.52. The first-order chi connectivity index (χ1) is 25.3. The molecule has 1 aromatic carbocycles. The van der Waals surface area contributed by atoms with Gasteiger partial charge in [-0.1, -0.05) is 0 Å². The number of carbonyl (C=O) groups is 6. The van der Waals surface area contributed by atoms with Crippen molar-refractivity contribution in [3.63, 3.8) is 0 Å². The number of rotatable bonds is 8. The molecule has 8 atom stereocenters. The molecule has 5 N–H and O–H groups in total. The number of hydrazine groups is 1. The lowest BCUT2D eigenvalue weighted by molar-refractivity contribution is -0.242. The molecule has 6 aliphatic heterocycles. The van der Waals surface area contributed by atoms with E-state index in [2.05, 4.69) is 16.2 Å². The molecular formula is C33H45BN8O11. The SMILES string of the molecule is C[C@@H](NC(=O)c1ccc(NNC(=O)CN2CCN3CC(=O)OC4(CN5CCN6CC(=O)OC(C2)(C6)C4OC(=O)C5)C3)cc1)C(=O)N1CCC[C@H]1B(O)O. The number of likely N-dealkylation sites (tertiary alicyclic amines) is 1. The topological polar surface area (TPSA) is 223 Å². The summed E-state index contributed by atoms with van der Waals surface area (Å²) in [4.78, 5) is 87.5. The van der Waals surface area contributed by atoms with E-state index < -0.39 is 72.0 Å². The minimum Gasteiger partial charge on any atom is -0.453 e. The average molecular weight is 741 g/mol. The minimum atomic E-state index is -1.65. The Labute approximate surface area is 305 Å². The van der Waals surface area contributed by atoms with Crippen molar-refractivity contribution >= 4 is 48.4 Å². The molecule has 7 rings (SSSR count). The molecule has 0 saturated carbocycles. The maximum absolute atomic E-state index is 13.4. The van der Waals surface area contributed by atoms with E-state index >= 15 is 0 Å². The van der Waals surface area contributed by atoms with Gasteiger partial charge in [0.25, 0.3) is 11.8 Å². The number of benzene rings is 1. The molecule has 53 heavy (non-hydrogen) atoms. The molecule has 0 aliphatic carbocycles. The molecule has 6 bridgehead atoms. The Morgan fingerprint density at radius 1 is 0.849 bits per heavy atom. The van der Waals surface area contributed by atoms with Crippen molar-refractivity contribution in [1.29, 1.82) is 0 Å². The third-order valence-corrected chi connectivity index (χ3v) is 10.8. The largest absolute Gasteiger partial charge is 0.475 e. The van der Waals surface area contributed by atoms with E-state index in [0.29, 0.717) is 51.3 Å². The zero-order valence-electron chi connectivity index (χ0n) is 29.5. The summed E-state index contributed by atoms with van der Waals surface area (Å²) in [5, 5.41) is 21.8. The van der Waals surface area contributed by atoms with Gasteiger partial charge in [0.2, 0.25) is 5.91 Å². The highest BCUT2D eigenvalue weighted by Crippen LogP contribution is 2.40. The molecular weight excluding hydrogens is 695 g/mol. The minimum absolute atomic E-state index is 0.00617. The van der Waals surface area contributed by atoms with Crippen molar-refractivity contribution in [3.8, 4) is 0 Å². The average Bonchev–Trinajstić information content (AvgIpc) is 3.57. The van der Waals surface area contributed by atoms with Crippen LogP contribution in [0.15, 0.2) is 24.3 Å². The summed E-state index contributed by atoms with van der Waals surface area (Å²) < 4.78 is 18.3. The fourth-order valence-electron chi connectivity index (χ4n) is 8.59. The molecule has 20 heteroatoms. The first kappa shape index (κ1) is 37.0. The van der Waals surface area contributed by atoms with Gasteiger partial charge in [0.05, 0.1) is 37.8 Å². The normalized spacial score (nSPS) is 33.2. The smallest absolute Gasteiger partial charge is 0.453 e. The Morgan fingerprint density at radius 3 is 2.06 bits per heavy atom. The van der Waals surface area contributed by atoms with E-state index in [1.807, 2.05) is 19.6 Å². The monoisotopic (exact) mass is 740 g/mol. The molecule has 6 aliphatic rings. The van der Waals surface area contributed by atoms with Crippen LogP contribution in [0.4, 0.5) is 5.69 Å². The maximum atomic E-state index is 13.4. The Kier molecular flexibility index (Phi) is 10.4. The van der Waals surface area contributed by atoms with Gasteiger partial charge in [0, 0.05) is 64.5 Å². The number of nitrogens with zero attached hydrogens (tertiary/aromatic N) is 5. The van der Waals surface area contributed by atoms with Crippen LogP contribution in [0.1, 0.15) is 30.1 Å². The Bertz CT molecular complexity index is 1640. The Morgan fingerprint density at radius 2 is 1.43 bits per heavy atom. The number of nitrogens with one attached hydrogen (secondary N) is 3. The summed E-state index contributed by atoms with van der Waals surface area (Å²) >= 11 is 0. The van der Waals surface area contributed by atoms with E-state index in [1.54, 1.807) is 12.1 Å². The number of esters is 3. The molecule has 6 unspecified atom stereocenters. The molecule has 3 amide bonds. The summed E-state index contributed by atoms with van der Waals surface area (Å²) in [5.74, 6) is -3.50.